The summed E-state index contributed by atoms with van der Waals surface area (Å²) in [4.78, 5) is 11.7. The number of hydrogen-bond acceptors (Lipinski definition) is 1. The van der Waals surface area contributed by atoms with Crippen molar-refractivity contribution in [1.29, 1.82) is 0 Å². The fourth-order valence-electron chi connectivity index (χ4n) is 5.91. The normalized spacial score (nSPS) is 26.7. The Morgan fingerprint density at radius 2 is 1.72 bits per heavy atom. The minimum Gasteiger partial charge on any atom is -0.478 e. The third-order valence-electron chi connectivity index (χ3n) is 7.32. The maximum atomic E-state index is 15.7. The average Bonchev–Trinajstić information content (AvgIpc) is 2.74. The zero-order chi connectivity index (χ0) is 20.4. The van der Waals surface area contributed by atoms with E-state index in [0.717, 1.165) is 24.7 Å². The molecule has 3 heteroatoms. The molecule has 1 N–H and O–H groups in total. The van der Waals surface area contributed by atoms with Gasteiger partial charge in [0.15, 0.2) is 0 Å². The van der Waals surface area contributed by atoms with Crippen LogP contribution in [0.25, 0.3) is 11.1 Å². The van der Waals surface area contributed by atoms with Crippen LogP contribution < -0.4 is 0 Å². The molecular formula is C26H31FO2. The Balaban J connectivity index is 1.61. The summed E-state index contributed by atoms with van der Waals surface area (Å²) >= 11 is 0. The molecule has 4 rings (SSSR count). The Morgan fingerprint density at radius 1 is 1.00 bits per heavy atom. The molecule has 0 bridgehead atoms. The maximum Gasteiger partial charge on any atom is 0.336 e. The second-order valence-electron chi connectivity index (χ2n) is 9.06. The first-order valence-electron chi connectivity index (χ1n) is 11.2. The molecule has 4 atom stereocenters. The molecule has 29 heavy (non-hydrogen) atoms. The zero-order valence-electron chi connectivity index (χ0n) is 17.2. The van der Waals surface area contributed by atoms with E-state index in [0.29, 0.717) is 17.0 Å². The maximum absolute atomic E-state index is 15.7. The van der Waals surface area contributed by atoms with Gasteiger partial charge in [-0.05, 0) is 73.0 Å². The van der Waals surface area contributed by atoms with Gasteiger partial charge in [-0.1, -0.05) is 62.6 Å². The number of rotatable bonds is 5. The molecule has 2 fully saturated rings. The van der Waals surface area contributed by atoms with Crippen LogP contribution in [-0.4, -0.2) is 11.1 Å². The van der Waals surface area contributed by atoms with Crippen molar-refractivity contribution in [3.05, 3.63) is 59.4 Å². The molecule has 0 saturated heterocycles. The highest BCUT2D eigenvalue weighted by Crippen LogP contribution is 2.49. The van der Waals surface area contributed by atoms with E-state index in [9.17, 15) is 9.90 Å². The standard InChI is InChI=1S/C26H31FO2/c1-2-6-17-9-10-20-16-21(12-11-19(20)15-17)22-13-14-23(26(28)29)24(25(22)27)18-7-4-3-5-8-18/h3-5,7-8,13-14,17,19-21H,2,6,9-12,15-16H2,1H3,(H,28,29). The summed E-state index contributed by atoms with van der Waals surface area (Å²) in [5.74, 6) is 1.16. The number of fused-ring (bicyclic) bond motifs is 1. The molecule has 0 radical (unpaired) electrons. The second kappa shape index (κ2) is 8.69. The lowest BCUT2D eigenvalue weighted by Crippen LogP contribution is -2.30. The van der Waals surface area contributed by atoms with Crippen LogP contribution in [0.4, 0.5) is 4.39 Å². The highest BCUT2D eigenvalue weighted by molar-refractivity contribution is 5.96. The summed E-state index contributed by atoms with van der Waals surface area (Å²) in [6.07, 6.45) is 9.78. The van der Waals surface area contributed by atoms with Crippen molar-refractivity contribution in [2.45, 2.75) is 64.2 Å². The van der Waals surface area contributed by atoms with E-state index in [2.05, 4.69) is 6.92 Å². The lowest BCUT2D eigenvalue weighted by Gasteiger charge is -2.42. The summed E-state index contributed by atoms with van der Waals surface area (Å²) in [6, 6.07) is 12.4. The molecule has 2 nitrogen and oxygen atoms in total. The van der Waals surface area contributed by atoms with Gasteiger partial charge in [-0.15, -0.1) is 0 Å². The molecule has 2 aromatic rings. The van der Waals surface area contributed by atoms with Gasteiger partial charge in [0, 0.05) is 5.56 Å². The SMILES string of the molecule is CCCC1CCC2CC(c3ccc(C(=O)O)c(-c4ccccc4)c3F)CCC2C1. The highest BCUT2D eigenvalue weighted by atomic mass is 19.1. The Bertz CT molecular complexity index is 861. The second-order valence-corrected chi connectivity index (χ2v) is 9.06. The molecule has 2 saturated carbocycles. The number of hydrogen-bond donors (Lipinski definition) is 1. The molecular weight excluding hydrogens is 363 g/mol. The van der Waals surface area contributed by atoms with Crippen LogP contribution in [0.15, 0.2) is 42.5 Å². The van der Waals surface area contributed by atoms with Crippen LogP contribution in [0, 0.1) is 23.6 Å². The van der Waals surface area contributed by atoms with Gasteiger partial charge in [-0.2, -0.15) is 0 Å². The summed E-state index contributed by atoms with van der Waals surface area (Å²) < 4.78 is 15.7. The van der Waals surface area contributed by atoms with Crippen molar-refractivity contribution < 1.29 is 14.3 Å². The third-order valence-corrected chi connectivity index (χ3v) is 7.32. The van der Waals surface area contributed by atoms with Gasteiger partial charge in [-0.25, -0.2) is 9.18 Å². The first kappa shape index (κ1) is 20.1. The number of halogens is 1. The smallest absolute Gasteiger partial charge is 0.336 e. The van der Waals surface area contributed by atoms with Gasteiger partial charge in [-0.3, -0.25) is 0 Å². The fraction of sp³-hybridized carbons (Fsp3) is 0.500. The van der Waals surface area contributed by atoms with E-state index in [1.54, 1.807) is 24.3 Å². The van der Waals surface area contributed by atoms with Gasteiger partial charge < -0.3 is 5.11 Å². The van der Waals surface area contributed by atoms with Crippen LogP contribution in [0.1, 0.15) is 80.1 Å². The van der Waals surface area contributed by atoms with E-state index >= 15 is 4.39 Å². The van der Waals surface area contributed by atoms with Crippen LogP contribution in [0.3, 0.4) is 0 Å². The van der Waals surface area contributed by atoms with Gasteiger partial charge >= 0.3 is 5.97 Å². The number of carboxylic acid groups (broad SMARTS) is 1. The van der Waals surface area contributed by atoms with Crippen molar-refractivity contribution in [2.75, 3.05) is 0 Å². The van der Waals surface area contributed by atoms with Crippen molar-refractivity contribution >= 4 is 5.97 Å². The van der Waals surface area contributed by atoms with Gasteiger partial charge in [0.2, 0.25) is 0 Å². The molecule has 2 aromatic carbocycles. The monoisotopic (exact) mass is 394 g/mol. The van der Waals surface area contributed by atoms with Crippen molar-refractivity contribution in [3.63, 3.8) is 0 Å². The summed E-state index contributed by atoms with van der Waals surface area (Å²) in [5.41, 5.74) is 1.64. The van der Waals surface area contributed by atoms with E-state index in [-0.39, 0.29) is 22.9 Å². The first-order chi connectivity index (χ1) is 14.1. The number of carboxylic acids is 1. The summed E-state index contributed by atoms with van der Waals surface area (Å²) in [7, 11) is 0. The van der Waals surface area contributed by atoms with Gasteiger partial charge in [0.1, 0.15) is 5.82 Å². The molecule has 0 heterocycles. The molecule has 0 aromatic heterocycles. The lowest BCUT2D eigenvalue weighted by molar-refractivity contribution is 0.0697. The zero-order valence-corrected chi connectivity index (χ0v) is 17.2. The Morgan fingerprint density at radius 3 is 2.45 bits per heavy atom. The number of benzene rings is 2. The van der Waals surface area contributed by atoms with Crippen LogP contribution in [0.2, 0.25) is 0 Å². The Kier molecular flexibility index (Phi) is 6.03. The molecule has 4 unspecified atom stereocenters. The predicted molar refractivity (Wildman–Crippen MR) is 115 cm³/mol. The quantitative estimate of drug-likeness (QED) is 0.578. The lowest BCUT2D eigenvalue weighted by atomic mass is 9.63. The molecule has 2 aliphatic carbocycles. The highest BCUT2D eigenvalue weighted by Gasteiger charge is 2.37. The molecule has 2 aliphatic rings. The van der Waals surface area contributed by atoms with Crippen molar-refractivity contribution in [3.8, 4) is 11.1 Å². The number of aromatic carboxylic acids is 1. The summed E-state index contributed by atoms with van der Waals surface area (Å²) in [5, 5.41) is 9.61. The van der Waals surface area contributed by atoms with Crippen molar-refractivity contribution in [2.24, 2.45) is 17.8 Å². The van der Waals surface area contributed by atoms with E-state index in [1.807, 2.05) is 18.2 Å². The molecule has 0 aliphatic heterocycles. The van der Waals surface area contributed by atoms with Crippen LogP contribution in [-0.2, 0) is 0 Å². The Labute approximate surface area is 173 Å². The number of carbonyl (C=O) groups is 1. The molecule has 154 valence electrons. The third kappa shape index (κ3) is 4.10. The minimum absolute atomic E-state index is 0.0474. The van der Waals surface area contributed by atoms with E-state index in [1.165, 1.54) is 38.5 Å². The van der Waals surface area contributed by atoms with Gasteiger partial charge in [0.05, 0.1) is 5.56 Å². The van der Waals surface area contributed by atoms with Crippen LogP contribution in [0.5, 0.6) is 0 Å². The average molecular weight is 395 g/mol. The van der Waals surface area contributed by atoms with Crippen molar-refractivity contribution in [1.82, 2.24) is 0 Å². The van der Waals surface area contributed by atoms with E-state index in [4.69, 9.17) is 0 Å². The Hall–Kier alpha value is -2.16. The van der Waals surface area contributed by atoms with Crippen LogP contribution >= 0.6 is 0 Å². The topological polar surface area (TPSA) is 37.3 Å². The summed E-state index contributed by atoms with van der Waals surface area (Å²) in [6.45, 7) is 2.27. The minimum atomic E-state index is -1.08. The first-order valence-corrected chi connectivity index (χ1v) is 11.2. The largest absolute Gasteiger partial charge is 0.478 e. The fourth-order valence-corrected chi connectivity index (χ4v) is 5.91. The molecule has 0 spiro atoms. The molecule has 0 amide bonds. The predicted octanol–water partition coefficient (Wildman–Crippen LogP) is 7.29. The van der Waals surface area contributed by atoms with Gasteiger partial charge in [0.25, 0.3) is 0 Å². The van der Waals surface area contributed by atoms with E-state index < -0.39 is 5.97 Å².